The van der Waals surface area contributed by atoms with Gasteiger partial charge in [0, 0.05) is 44.0 Å². The Hall–Kier alpha value is -2.79. The number of anilines is 1. The molecule has 1 saturated carbocycles. The summed E-state index contributed by atoms with van der Waals surface area (Å²) in [5.74, 6) is 0.199. The quantitative estimate of drug-likeness (QED) is 0.609. The Morgan fingerprint density at radius 1 is 1.00 bits per heavy atom. The van der Waals surface area contributed by atoms with Gasteiger partial charge < -0.3 is 19.3 Å². The van der Waals surface area contributed by atoms with E-state index in [2.05, 4.69) is 9.97 Å². The summed E-state index contributed by atoms with van der Waals surface area (Å²) in [5.41, 5.74) is -1.44. The van der Waals surface area contributed by atoms with Crippen molar-refractivity contribution in [3.8, 4) is 0 Å². The summed E-state index contributed by atoms with van der Waals surface area (Å²) in [5, 5.41) is 0. The number of piperazine rings is 1. The van der Waals surface area contributed by atoms with E-state index in [9.17, 15) is 22.8 Å². The molecule has 0 unspecified atom stereocenters. The van der Waals surface area contributed by atoms with Crippen LogP contribution in [0.5, 0.6) is 0 Å². The maximum atomic E-state index is 12.9. The summed E-state index contributed by atoms with van der Waals surface area (Å²) in [6, 6.07) is -0.477. The lowest BCUT2D eigenvalue weighted by molar-refractivity contribution is -0.138. The van der Waals surface area contributed by atoms with E-state index in [4.69, 9.17) is 9.47 Å². The van der Waals surface area contributed by atoms with E-state index in [-0.39, 0.29) is 35.6 Å². The molecule has 4 rings (SSSR count). The van der Waals surface area contributed by atoms with Crippen molar-refractivity contribution >= 4 is 18.1 Å². The molecule has 0 radical (unpaired) electrons. The van der Waals surface area contributed by atoms with Crippen LogP contribution >= 0.6 is 0 Å². The molecule has 1 aliphatic carbocycles. The van der Waals surface area contributed by atoms with Crippen molar-refractivity contribution in [2.45, 2.75) is 77.4 Å². The number of rotatable bonds is 2. The first kappa shape index (κ1) is 25.3. The predicted octanol–water partition coefficient (Wildman–Crippen LogP) is 3.93. The molecule has 35 heavy (non-hydrogen) atoms. The highest BCUT2D eigenvalue weighted by molar-refractivity contribution is 5.70. The van der Waals surface area contributed by atoms with Gasteiger partial charge in [-0.1, -0.05) is 0 Å². The number of nitrogens with zero attached hydrogens (tertiary/aromatic N) is 5. The third-order valence-electron chi connectivity index (χ3n) is 6.67. The highest BCUT2D eigenvalue weighted by Crippen LogP contribution is 2.50. The standard InChI is InChI=1S/C23H32F3N5O4/c1-14-10-29(18-27-8-16(9-28-18)23(24,25)26)11-15(2)31(14)20(33)34-17-6-22(7-17)12-30(13-22)19(32)35-21(3,4)5/h8-9,14-15,17H,6-7,10-13H2,1-5H3/t14-,15-/m1/s1. The topological polar surface area (TPSA) is 88.1 Å². The van der Waals surface area contributed by atoms with Gasteiger partial charge in [-0.05, 0) is 47.5 Å². The monoisotopic (exact) mass is 499 g/mol. The highest BCUT2D eigenvalue weighted by Gasteiger charge is 2.56. The number of aromatic nitrogens is 2. The van der Waals surface area contributed by atoms with E-state index in [0.29, 0.717) is 39.0 Å². The zero-order chi connectivity index (χ0) is 25.8. The van der Waals surface area contributed by atoms with Gasteiger partial charge in [0.2, 0.25) is 5.95 Å². The van der Waals surface area contributed by atoms with E-state index >= 15 is 0 Å². The summed E-state index contributed by atoms with van der Waals surface area (Å²) < 4.78 is 49.5. The second kappa shape index (κ2) is 8.70. The van der Waals surface area contributed by atoms with Crippen LogP contribution in [0.2, 0.25) is 0 Å². The summed E-state index contributed by atoms with van der Waals surface area (Å²) in [6.07, 6.45) is -2.44. The first-order valence-electron chi connectivity index (χ1n) is 11.8. The molecule has 1 spiro atoms. The minimum Gasteiger partial charge on any atom is -0.446 e. The molecule has 2 saturated heterocycles. The van der Waals surface area contributed by atoms with Gasteiger partial charge in [-0.15, -0.1) is 0 Å². The van der Waals surface area contributed by atoms with Crippen LogP contribution in [0, 0.1) is 5.41 Å². The first-order valence-corrected chi connectivity index (χ1v) is 11.8. The number of likely N-dealkylation sites (tertiary alicyclic amines) is 1. The van der Waals surface area contributed by atoms with Gasteiger partial charge in [0.1, 0.15) is 11.7 Å². The number of hydrogen-bond donors (Lipinski definition) is 0. The van der Waals surface area contributed by atoms with Crippen molar-refractivity contribution in [1.82, 2.24) is 19.8 Å². The fourth-order valence-corrected chi connectivity index (χ4v) is 5.15. The predicted molar refractivity (Wildman–Crippen MR) is 120 cm³/mol. The lowest BCUT2D eigenvalue weighted by atomic mass is 9.62. The lowest BCUT2D eigenvalue weighted by Crippen LogP contribution is -2.66. The number of halogens is 3. The van der Waals surface area contributed by atoms with Gasteiger partial charge in [0.15, 0.2) is 0 Å². The third kappa shape index (κ3) is 5.40. The largest absolute Gasteiger partial charge is 0.446 e. The lowest BCUT2D eigenvalue weighted by Gasteiger charge is -2.58. The van der Waals surface area contributed by atoms with Crippen molar-refractivity contribution in [1.29, 1.82) is 0 Å². The molecule has 1 aromatic heterocycles. The zero-order valence-corrected chi connectivity index (χ0v) is 20.6. The van der Waals surface area contributed by atoms with E-state index in [1.54, 1.807) is 14.7 Å². The Kier molecular flexibility index (Phi) is 6.29. The number of carbonyl (C=O) groups is 2. The van der Waals surface area contributed by atoms with Gasteiger partial charge in [-0.25, -0.2) is 19.6 Å². The highest BCUT2D eigenvalue weighted by atomic mass is 19.4. The SMILES string of the molecule is C[C@@H]1CN(c2ncc(C(F)(F)F)cn2)C[C@@H](C)N1C(=O)OC1CC2(C1)CN(C(=O)OC(C)(C)C)C2. The Morgan fingerprint density at radius 3 is 2.03 bits per heavy atom. The molecule has 1 aromatic rings. The van der Waals surface area contributed by atoms with Crippen LogP contribution in [0.4, 0.5) is 28.7 Å². The molecule has 3 aliphatic rings. The average molecular weight is 500 g/mol. The normalized spacial score (nSPS) is 24.6. The van der Waals surface area contributed by atoms with Gasteiger partial charge >= 0.3 is 18.4 Å². The third-order valence-corrected chi connectivity index (χ3v) is 6.67. The van der Waals surface area contributed by atoms with Gasteiger partial charge in [0.25, 0.3) is 0 Å². The number of hydrogen-bond acceptors (Lipinski definition) is 7. The average Bonchev–Trinajstić information content (AvgIpc) is 2.66. The molecule has 12 heteroatoms. The maximum Gasteiger partial charge on any atom is 0.419 e. The summed E-state index contributed by atoms with van der Waals surface area (Å²) >= 11 is 0. The van der Waals surface area contributed by atoms with Gasteiger partial charge in [-0.3, -0.25) is 4.90 Å². The molecular formula is C23H32F3N5O4. The van der Waals surface area contributed by atoms with Crippen LogP contribution in [0.1, 0.15) is 53.0 Å². The van der Waals surface area contributed by atoms with E-state index in [1.807, 2.05) is 34.6 Å². The molecule has 2 amide bonds. The van der Waals surface area contributed by atoms with Crippen molar-refractivity contribution in [2.75, 3.05) is 31.1 Å². The molecule has 3 heterocycles. The summed E-state index contributed by atoms with van der Waals surface area (Å²) in [6.45, 7) is 11.2. The molecule has 0 N–H and O–H groups in total. The minimum absolute atomic E-state index is 0.00228. The second-order valence-electron chi connectivity index (χ2n) is 11.0. The zero-order valence-electron chi connectivity index (χ0n) is 20.6. The second-order valence-corrected chi connectivity index (χ2v) is 11.0. The molecule has 0 aromatic carbocycles. The van der Waals surface area contributed by atoms with E-state index < -0.39 is 23.4 Å². The molecule has 2 aliphatic heterocycles. The van der Waals surface area contributed by atoms with Crippen molar-refractivity contribution in [2.24, 2.45) is 5.41 Å². The van der Waals surface area contributed by atoms with Crippen molar-refractivity contribution < 1.29 is 32.2 Å². The Balaban J connectivity index is 1.25. The van der Waals surface area contributed by atoms with Crippen LogP contribution < -0.4 is 4.90 Å². The number of carbonyl (C=O) groups excluding carboxylic acids is 2. The number of ether oxygens (including phenoxy) is 2. The van der Waals surface area contributed by atoms with Crippen molar-refractivity contribution in [3.63, 3.8) is 0 Å². The Labute approximate surface area is 202 Å². The maximum absolute atomic E-state index is 12.9. The van der Waals surface area contributed by atoms with Gasteiger partial charge in [0.05, 0.1) is 17.6 Å². The Bertz CT molecular complexity index is 939. The number of amides is 2. The summed E-state index contributed by atoms with van der Waals surface area (Å²) in [4.78, 5) is 37.9. The summed E-state index contributed by atoms with van der Waals surface area (Å²) in [7, 11) is 0. The van der Waals surface area contributed by atoms with Crippen LogP contribution in [-0.4, -0.2) is 81.9 Å². The molecule has 0 bridgehead atoms. The smallest absolute Gasteiger partial charge is 0.419 e. The molecule has 9 nitrogen and oxygen atoms in total. The van der Waals surface area contributed by atoms with Crippen LogP contribution in [0.15, 0.2) is 12.4 Å². The van der Waals surface area contributed by atoms with Crippen LogP contribution in [0.25, 0.3) is 0 Å². The number of alkyl halides is 3. The van der Waals surface area contributed by atoms with Crippen molar-refractivity contribution in [3.05, 3.63) is 18.0 Å². The fraction of sp³-hybridized carbons (Fsp3) is 0.739. The first-order chi connectivity index (χ1) is 16.2. The van der Waals surface area contributed by atoms with E-state index in [0.717, 1.165) is 12.4 Å². The fourth-order valence-electron chi connectivity index (χ4n) is 5.15. The van der Waals surface area contributed by atoms with Crippen LogP contribution in [-0.2, 0) is 15.7 Å². The Morgan fingerprint density at radius 2 is 1.54 bits per heavy atom. The molecular weight excluding hydrogens is 467 g/mol. The minimum atomic E-state index is -4.49. The molecule has 3 fully saturated rings. The van der Waals surface area contributed by atoms with E-state index in [1.165, 1.54) is 0 Å². The molecule has 2 atom stereocenters. The van der Waals surface area contributed by atoms with Gasteiger partial charge in [-0.2, -0.15) is 13.2 Å². The van der Waals surface area contributed by atoms with Crippen LogP contribution in [0.3, 0.4) is 0 Å². The molecule has 194 valence electrons.